The normalized spacial score (nSPS) is 14.0. The number of hydrogen-bond donors (Lipinski definition) is 1. The molecule has 1 saturated heterocycles. The fourth-order valence-corrected chi connectivity index (χ4v) is 3.27. The van der Waals surface area contributed by atoms with Crippen LogP contribution >= 0.6 is 11.3 Å². The van der Waals surface area contributed by atoms with Crippen molar-refractivity contribution in [2.24, 2.45) is 0 Å². The maximum atomic E-state index is 12.1. The molecule has 3 rings (SSSR count). The van der Waals surface area contributed by atoms with Gasteiger partial charge in [-0.1, -0.05) is 0 Å². The van der Waals surface area contributed by atoms with E-state index in [1.165, 1.54) is 11.3 Å². The Kier molecular flexibility index (Phi) is 4.29. The third-order valence-corrected chi connectivity index (χ3v) is 4.65. The summed E-state index contributed by atoms with van der Waals surface area (Å²) in [6.07, 6.45) is 0. The molecule has 0 spiro atoms. The SMILES string of the molecule is Cc1nc(C)c(COC(=O)c2ccc(N3CCNC3=O)cc2)s1. The molecule has 1 fully saturated rings. The number of nitrogens with zero attached hydrogens (tertiary/aromatic N) is 2. The van der Waals surface area contributed by atoms with E-state index in [-0.39, 0.29) is 18.6 Å². The van der Waals surface area contributed by atoms with Crippen LogP contribution in [0.25, 0.3) is 0 Å². The van der Waals surface area contributed by atoms with Crippen LogP contribution in [0.2, 0.25) is 0 Å². The standard InChI is InChI=1S/C16H17N3O3S/c1-10-14(23-11(2)18-10)9-22-15(20)12-3-5-13(6-4-12)19-8-7-17-16(19)21/h3-6H,7-9H2,1-2H3,(H,17,21). The molecular weight excluding hydrogens is 314 g/mol. The third kappa shape index (κ3) is 3.34. The molecule has 2 aromatic rings. The Morgan fingerprint density at radius 1 is 1.35 bits per heavy atom. The van der Waals surface area contributed by atoms with Crippen molar-refractivity contribution in [3.63, 3.8) is 0 Å². The predicted molar refractivity (Wildman–Crippen MR) is 87.9 cm³/mol. The number of urea groups is 1. The lowest BCUT2D eigenvalue weighted by molar-refractivity contribution is 0.0476. The van der Waals surface area contributed by atoms with E-state index in [4.69, 9.17) is 4.74 Å². The largest absolute Gasteiger partial charge is 0.456 e. The average molecular weight is 331 g/mol. The van der Waals surface area contributed by atoms with Gasteiger partial charge >= 0.3 is 12.0 Å². The van der Waals surface area contributed by atoms with Gasteiger partial charge in [-0.05, 0) is 38.1 Å². The van der Waals surface area contributed by atoms with Crippen LogP contribution in [0.3, 0.4) is 0 Å². The second-order valence-corrected chi connectivity index (χ2v) is 6.54. The summed E-state index contributed by atoms with van der Waals surface area (Å²) in [5, 5.41) is 3.70. The second kappa shape index (κ2) is 6.37. The molecule has 23 heavy (non-hydrogen) atoms. The fourth-order valence-electron chi connectivity index (χ4n) is 2.42. The second-order valence-electron chi connectivity index (χ2n) is 5.25. The molecule has 0 bridgehead atoms. The van der Waals surface area contributed by atoms with Gasteiger partial charge in [0.2, 0.25) is 0 Å². The van der Waals surface area contributed by atoms with E-state index in [0.717, 1.165) is 21.3 Å². The van der Waals surface area contributed by atoms with Crippen molar-refractivity contribution < 1.29 is 14.3 Å². The number of amides is 2. The number of thiazole rings is 1. The number of nitrogens with one attached hydrogen (secondary N) is 1. The summed E-state index contributed by atoms with van der Waals surface area (Å²) in [7, 11) is 0. The minimum Gasteiger partial charge on any atom is -0.456 e. The minimum atomic E-state index is -0.382. The van der Waals surface area contributed by atoms with Gasteiger partial charge < -0.3 is 10.1 Å². The summed E-state index contributed by atoms with van der Waals surface area (Å²) < 4.78 is 5.33. The Balaban J connectivity index is 1.63. The molecule has 7 heteroatoms. The summed E-state index contributed by atoms with van der Waals surface area (Å²) in [6, 6.07) is 6.74. The van der Waals surface area contributed by atoms with Gasteiger partial charge in [-0.25, -0.2) is 14.6 Å². The molecule has 1 aliphatic rings. The topological polar surface area (TPSA) is 71.5 Å². The van der Waals surface area contributed by atoms with Crippen LogP contribution in [0.5, 0.6) is 0 Å². The van der Waals surface area contributed by atoms with E-state index < -0.39 is 0 Å². The van der Waals surface area contributed by atoms with Gasteiger partial charge in [-0.3, -0.25) is 4.90 Å². The van der Waals surface area contributed by atoms with E-state index in [2.05, 4.69) is 10.3 Å². The van der Waals surface area contributed by atoms with Crippen molar-refractivity contribution in [2.75, 3.05) is 18.0 Å². The van der Waals surface area contributed by atoms with Crippen molar-refractivity contribution in [1.82, 2.24) is 10.3 Å². The lowest BCUT2D eigenvalue weighted by atomic mass is 10.2. The van der Waals surface area contributed by atoms with Gasteiger partial charge in [0.1, 0.15) is 6.61 Å². The van der Waals surface area contributed by atoms with Crippen molar-refractivity contribution in [3.8, 4) is 0 Å². The van der Waals surface area contributed by atoms with Crippen molar-refractivity contribution in [2.45, 2.75) is 20.5 Å². The molecule has 1 aromatic heterocycles. The van der Waals surface area contributed by atoms with Gasteiger partial charge in [-0.15, -0.1) is 11.3 Å². The summed E-state index contributed by atoms with van der Waals surface area (Å²) in [4.78, 5) is 30.6. The van der Waals surface area contributed by atoms with Crippen molar-refractivity contribution in [1.29, 1.82) is 0 Å². The first-order chi connectivity index (χ1) is 11.0. The van der Waals surface area contributed by atoms with Crippen LogP contribution in [0.15, 0.2) is 24.3 Å². The minimum absolute atomic E-state index is 0.114. The number of carbonyl (C=O) groups is 2. The molecule has 6 nitrogen and oxygen atoms in total. The molecule has 2 heterocycles. The number of hydrogen-bond acceptors (Lipinski definition) is 5. The smallest absolute Gasteiger partial charge is 0.338 e. The van der Waals surface area contributed by atoms with E-state index in [1.54, 1.807) is 29.2 Å². The van der Waals surface area contributed by atoms with Crippen LogP contribution in [-0.4, -0.2) is 30.1 Å². The highest BCUT2D eigenvalue weighted by molar-refractivity contribution is 7.11. The van der Waals surface area contributed by atoms with E-state index >= 15 is 0 Å². The van der Waals surface area contributed by atoms with E-state index in [0.29, 0.717) is 18.7 Å². The Bertz CT molecular complexity index is 740. The summed E-state index contributed by atoms with van der Waals surface area (Å²) >= 11 is 1.53. The Hall–Kier alpha value is -2.41. The molecular formula is C16H17N3O3S. The number of aromatic nitrogens is 1. The maximum absolute atomic E-state index is 12.1. The van der Waals surface area contributed by atoms with Crippen molar-refractivity contribution in [3.05, 3.63) is 45.4 Å². The average Bonchev–Trinajstić information content (AvgIpc) is 3.10. The molecule has 0 unspecified atom stereocenters. The third-order valence-electron chi connectivity index (χ3n) is 3.61. The maximum Gasteiger partial charge on any atom is 0.338 e. The van der Waals surface area contributed by atoms with Gasteiger partial charge in [0.15, 0.2) is 0 Å². The number of anilines is 1. The Morgan fingerprint density at radius 2 is 2.09 bits per heavy atom. The molecule has 1 aliphatic heterocycles. The Morgan fingerprint density at radius 3 is 2.65 bits per heavy atom. The summed E-state index contributed by atoms with van der Waals surface area (Å²) in [6.45, 7) is 5.33. The quantitative estimate of drug-likeness (QED) is 0.874. The summed E-state index contributed by atoms with van der Waals surface area (Å²) in [5.74, 6) is -0.382. The van der Waals surface area contributed by atoms with Gasteiger partial charge in [0.05, 0.1) is 21.1 Å². The van der Waals surface area contributed by atoms with Gasteiger partial charge in [-0.2, -0.15) is 0 Å². The van der Waals surface area contributed by atoms with Gasteiger partial charge in [0, 0.05) is 18.8 Å². The molecule has 1 N–H and O–H groups in total. The summed E-state index contributed by atoms with van der Waals surface area (Å²) in [5.41, 5.74) is 2.13. The Labute approximate surface area is 138 Å². The van der Waals surface area contributed by atoms with Crippen LogP contribution in [0.4, 0.5) is 10.5 Å². The van der Waals surface area contributed by atoms with Gasteiger partial charge in [0.25, 0.3) is 0 Å². The number of esters is 1. The van der Waals surface area contributed by atoms with E-state index in [1.807, 2.05) is 13.8 Å². The molecule has 1 aromatic carbocycles. The first kappa shape index (κ1) is 15.5. The number of ether oxygens (including phenoxy) is 1. The number of aryl methyl sites for hydroxylation is 2. The van der Waals surface area contributed by atoms with Crippen LogP contribution in [0.1, 0.15) is 25.9 Å². The lowest BCUT2D eigenvalue weighted by Crippen LogP contribution is -2.27. The predicted octanol–water partition coefficient (Wildman–Crippen LogP) is 2.65. The molecule has 2 amide bonds. The first-order valence-corrected chi connectivity index (χ1v) is 8.11. The molecule has 0 atom stereocenters. The number of rotatable bonds is 4. The number of carbonyl (C=O) groups excluding carboxylic acids is 2. The van der Waals surface area contributed by atoms with Crippen LogP contribution in [-0.2, 0) is 11.3 Å². The van der Waals surface area contributed by atoms with Crippen molar-refractivity contribution >= 4 is 29.0 Å². The van der Waals surface area contributed by atoms with E-state index in [9.17, 15) is 9.59 Å². The molecule has 0 saturated carbocycles. The fraction of sp³-hybridized carbons (Fsp3) is 0.312. The molecule has 0 aliphatic carbocycles. The zero-order valence-corrected chi connectivity index (χ0v) is 13.8. The highest BCUT2D eigenvalue weighted by atomic mass is 32.1. The van der Waals surface area contributed by atoms with Crippen LogP contribution in [0, 0.1) is 13.8 Å². The molecule has 120 valence electrons. The highest BCUT2D eigenvalue weighted by Crippen LogP contribution is 2.20. The number of benzene rings is 1. The zero-order valence-electron chi connectivity index (χ0n) is 13.0. The zero-order chi connectivity index (χ0) is 16.4. The lowest BCUT2D eigenvalue weighted by Gasteiger charge is -2.14. The monoisotopic (exact) mass is 331 g/mol. The first-order valence-electron chi connectivity index (χ1n) is 7.30. The molecule has 0 radical (unpaired) electrons. The highest BCUT2D eigenvalue weighted by Gasteiger charge is 2.21. The van der Waals surface area contributed by atoms with Crippen LogP contribution < -0.4 is 10.2 Å².